The lowest BCUT2D eigenvalue weighted by atomic mass is 10.0. The van der Waals surface area contributed by atoms with E-state index in [2.05, 4.69) is 53.6 Å². The van der Waals surface area contributed by atoms with Gasteiger partial charge in [-0.2, -0.15) is 0 Å². The van der Waals surface area contributed by atoms with E-state index < -0.39 is 0 Å². The molecule has 1 N–H and O–H groups in total. The van der Waals surface area contributed by atoms with Crippen molar-refractivity contribution in [2.24, 2.45) is 7.05 Å². The molecule has 1 aromatic heterocycles. The van der Waals surface area contributed by atoms with Crippen molar-refractivity contribution in [2.45, 2.75) is 33.4 Å². The average molecular weight is 244 g/mol. The van der Waals surface area contributed by atoms with Crippen molar-refractivity contribution in [1.29, 1.82) is 0 Å². The van der Waals surface area contributed by atoms with Crippen molar-refractivity contribution in [1.82, 2.24) is 20.1 Å². The fourth-order valence-electron chi connectivity index (χ4n) is 2.03. The molecule has 1 heterocycles. The van der Waals surface area contributed by atoms with Crippen molar-refractivity contribution in [3.8, 4) is 0 Å². The van der Waals surface area contributed by atoms with Gasteiger partial charge in [0.05, 0.1) is 6.54 Å². The molecule has 96 valence electrons. The topological polar surface area (TPSA) is 42.7 Å². The van der Waals surface area contributed by atoms with Crippen molar-refractivity contribution in [3.05, 3.63) is 47.0 Å². The Morgan fingerprint density at radius 1 is 1.22 bits per heavy atom. The molecule has 4 nitrogen and oxygen atoms in total. The molecule has 0 amide bonds. The average Bonchev–Trinajstić information content (AvgIpc) is 2.68. The molecule has 0 fully saturated rings. The molecule has 0 aliphatic carbocycles. The van der Waals surface area contributed by atoms with E-state index in [-0.39, 0.29) is 0 Å². The van der Waals surface area contributed by atoms with Gasteiger partial charge >= 0.3 is 0 Å². The maximum Gasteiger partial charge on any atom is 0.146 e. The highest BCUT2D eigenvalue weighted by molar-refractivity contribution is 5.28. The number of aryl methyl sites for hydroxylation is 2. The first kappa shape index (κ1) is 12.8. The van der Waals surface area contributed by atoms with E-state index >= 15 is 0 Å². The largest absolute Gasteiger partial charge is 0.317 e. The zero-order chi connectivity index (χ0) is 13.1. The van der Waals surface area contributed by atoms with Gasteiger partial charge in [0.15, 0.2) is 0 Å². The second-order valence-electron chi connectivity index (χ2n) is 4.68. The summed E-state index contributed by atoms with van der Waals surface area (Å²) in [5.74, 6) is 1.91. The number of hydrogen-bond donors (Lipinski definition) is 1. The van der Waals surface area contributed by atoms with E-state index in [9.17, 15) is 0 Å². The molecule has 0 aliphatic heterocycles. The summed E-state index contributed by atoms with van der Waals surface area (Å²) >= 11 is 0. The maximum absolute atomic E-state index is 4.15. The fourth-order valence-corrected chi connectivity index (χ4v) is 2.03. The van der Waals surface area contributed by atoms with E-state index in [1.807, 2.05) is 18.5 Å². The molecule has 18 heavy (non-hydrogen) atoms. The SMILES string of the molecule is Cc1ccccc1[C@H](C)NCc1nnc(C)n1C. The van der Waals surface area contributed by atoms with Crippen LogP contribution in [0.15, 0.2) is 24.3 Å². The van der Waals surface area contributed by atoms with Crippen LogP contribution >= 0.6 is 0 Å². The normalized spacial score (nSPS) is 12.7. The lowest BCUT2D eigenvalue weighted by Gasteiger charge is -2.16. The van der Waals surface area contributed by atoms with Crippen LogP contribution in [0, 0.1) is 13.8 Å². The summed E-state index contributed by atoms with van der Waals surface area (Å²) in [6.07, 6.45) is 0. The zero-order valence-electron chi connectivity index (χ0n) is 11.4. The minimum absolute atomic E-state index is 0.309. The fraction of sp³-hybridized carbons (Fsp3) is 0.429. The van der Waals surface area contributed by atoms with Crippen molar-refractivity contribution in [2.75, 3.05) is 0 Å². The number of benzene rings is 1. The van der Waals surface area contributed by atoms with Crippen molar-refractivity contribution in [3.63, 3.8) is 0 Å². The predicted octanol–water partition coefficient (Wildman–Crippen LogP) is 2.28. The summed E-state index contributed by atoms with van der Waals surface area (Å²) in [6.45, 7) is 7.00. The van der Waals surface area contributed by atoms with E-state index in [4.69, 9.17) is 0 Å². The summed E-state index contributed by atoms with van der Waals surface area (Å²) < 4.78 is 2.01. The minimum Gasteiger partial charge on any atom is -0.317 e. The Hall–Kier alpha value is -1.68. The quantitative estimate of drug-likeness (QED) is 0.897. The maximum atomic E-state index is 4.15. The summed E-state index contributed by atoms with van der Waals surface area (Å²) in [5, 5.41) is 11.7. The Balaban J connectivity index is 2.03. The van der Waals surface area contributed by atoms with E-state index in [0.29, 0.717) is 6.04 Å². The van der Waals surface area contributed by atoms with Crippen LogP contribution in [-0.4, -0.2) is 14.8 Å². The van der Waals surface area contributed by atoms with Gasteiger partial charge < -0.3 is 9.88 Å². The van der Waals surface area contributed by atoms with Gasteiger partial charge in [0.25, 0.3) is 0 Å². The Morgan fingerprint density at radius 2 is 1.94 bits per heavy atom. The van der Waals surface area contributed by atoms with Gasteiger partial charge in [-0.1, -0.05) is 24.3 Å². The highest BCUT2D eigenvalue weighted by Crippen LogP contribution is 2.16. The van der Waals surface area contributed by atoms with E-state index in [0.717, 1.165) is 18.2 Å². The van der Waals surface area contributed by atoms with Gasteiger partial charge in [0.1, 0.15) is 11.6 Å². The van der Waals surface area contributed by atoms with Gasteiger partial charge in [-0.25, -0.2) is 0 Å². The molecule has 0 saturated carbocycles. The van der Waals surface area contributed by atoms with Gasteiger partial charge in [0, 0.05) is 13.1 Å². The van der Waals surface area contributed by atoms with Crippen LogP contribution in [0.4, 0.5) is 0 Å². The van der Waals surface area contributed by atoms with Crippen LogP contribution in [-0.2, 0) is 13.6 Å². The second kappa shape index (κ2) is 5.31. The standard InChI is InChI=1S/C14H20N4/c1-10-7-5-6-8-13(10)11(2)15-9-14-17-16-12(3)18(14)4/h5-8,11,15H,9H2,1-4H3/t11-/m0/s1. The van der Waals surface area contributed by atoms with Crippen LogP contribution in [0.5, 0.6) is 0 Å². The molecule has 4 heteroatoms. The number of nitrogens with one attached hydrogen (secondary N) is 1. The molecule has 0 bridgehead atoms. The first-order valence-electron chi connectivity index (χ1n) is 6.23. The number of nitrogens with zero attached hydrogens (tertiary/aromatic N) is 3. The van der Waals surface area contributed by atoms with Crippen LogP contribution < -0.4 is 5.32 Å². The lowest BCUT2D eigenvalue weighted by Crippen LogP contribution is -2.21. The van der Waals surface area contributed by atoms with Gasteiger partial charge in [-0.05, 0) is 31.9 Å². The molecule has 1 atom stereocenters. The Kier molecular flexibility index (Phi) is 3.77. The summed E-state index contributed by atoms with van der Waals surface area (Å²) in [6, 6.07) is 8.75. The number of aromatic nitrogens is 3. The summed E-state index contributed by atoms with van der Waals surface area (Å²) in [7, 11) is 1.99. The molecule has 0 radical (unpaired) electrons. The Labute approximate surface area is 108 Å². The van der Waals surface area contributed by atoms with Crippen LogP contribution in [0.2, 0.25) is 0 Å². The third-order valence-electron chi connectivity index (χ3n) is 3.40. The van der Waals surface area contributed by atoms with Crippen LogP contribution in [0.25, 0.3) is 0 Å². The molecule has 0 aliphatic rings. The molecule has 1 aromatic carbocycles. The number of rotatable bonds is 4. The smallest absolute Gasteiger partial charge is 0.146 e. The second-order valence-corrected chi connectivity index (χ2v) is 4.68. The van der Waals surface area contributed by atoms with Gasteiger partial charge in [0.2, 0.25) is 0 Å². The molecule has 0 saturated heterocycles. The molecular formula is C14H20N4. The van der Waals surface area contributed by atoms with Crippen LogP contribution in [0.3, 0.4) is 0 Å². The molecule has 0 unspecified atom stereocenters. The first-order valence-corrected chi connectivity index (χ1v) is 6.23. The van der Waals surface area contributed by atoms with Gasteiger partial charge in [-0.3, -0.25) is 0 Å². The third-order valence-corrected chi connectivity index (χ3v) is 3.40. The van der Waals surface area contributed by atoms with Crippen molar-refractivity contribution >= 4 is 0 Å². The minimum atomic E-state index is 0.309. The monoisotopic (exact) mass is 244 g/mol. The predicted molar refractivity (Wildman–Crippen MR) is 72.2 cm³/mol. The zero-order valence-corrected chi connectivity index (χ0v) is 11.4. The lowest BCUT2D eigenvalue weighted by molar-refractivity contribution is 0.545. The Morgan fingerprint density at radius 3 is 2.56 bits per heavy atom. The Bertz CT molecular complexity index is 530. The molecule has 2 rings (SSSR count). The highest BCUT2D eigenvalue weighted by atomic mass is 15.3. The summed E-state index contributed by atoms with van der Waals surface area (Å²) in [5.41, 5.74) is 2.64. The number of hydrogen-bond acceptors (Lipinski definition) is 3. The van der Waals surface area contributed by atoms with Gasteiger partial charge in [-0.15, -0.1) is 10.2 Å². The van der Waals surface area contributed by atoms with Crippen LogP contribution in [0.1, 0.15) is 35.7 Å². The summed E-state index contributed by atoms with van der Waals surface area (Å²) in [4.78, 5) is 0. The van der Waals surface area contributed by atoms with Crippen molar-refractivity contribution < 1.29 is 0 Å². The molecule has 2 aromatic rings. The highest BCUT2D eigenvalue weighted by Gasteiger charge is 2.09. The molecular weight excluding hydrogens is 224 g/mol. The third kappa shape index (κ3) is 2.59. The van der Waals surface area contributed by atoms with E-state index in [1.165, 1.54) is 11.1 Å². The molecule has 0 spiro atoms. The first-order chi connectivity index (χ1) is 8.59. The van der Waals surface area contributed by atoms with E-state index in [1.54, 1.807) is 0 Å².